The quantitative estimate of drug-likeness (QED) is 0.300. The van der Waals surface area contributed by atoms with Gasteiger partial charge in [-0.15, -0.1) is 0 Å². The van der Waals surface area contributed by atoms with Crippen LogP contribution in [0.4, 0.5) is 0 Å². The zero-order chi connectivity index (χ0) is 10.9. The van der Waals surface area contributed by atoms with Gasteiger partial charge in [0.25, 0.3) is 0 Å². The summed E-state index contributed by atoms with van der Waals surface area (Å²) in [6.45, 7) is 3.44. The maximum absolute atomic E-state index is 2.38. The number of imidazole rings is 1. The minimum atomic E-state index is 1.04. The summed E-state index contributed by atoms with van der Waals surface area (Å²) in [5.74, 6) is 0. The third-order valence-electron chi connectivity index (χ3n) is 2.65. The molecular weight excluding hydrogens is 299 g/mol. The standard InChI is InChI=1S/C12H22IN2/c1-2-3-4-5-6-7-8-14-9-10-15(11-13)12-14/h9-10,12H,2-8,11H2,1H3/q+1. The van der Waals surface area contributed by atoms with Crippen LogP contribution in [-0.4, -0.2) is 4.57 Å². The van der Waals surface area contributed by atoms with Gasteiger partial charge in [-0.1, -0.05) is 32.6 Å². The smallest absolute Gasteiger partial charge is 0.237 e. The minimum Gasteiger partial charge on any atom is -0.237 e. The molecule has 0 fully saturated rings. The fourth-order valence-corrected chi connectivity index (χ4v) is 2.12. The molecule has 0 atom stereocenters. The first-order valence-corrected chi connectivity index (χ1v) is 7.50. The number of hydrogen-bond acceptors (Lipinski definition) is 0. The second-order valence-electron chi connectivity index (χ2n) is 4.05. The highest BCUT2D eigenvalue weighted by Gasteiger charge is 2.00. The number of aryl methyl sites for hydroxylation is 1. The lowest BCUT2D eigenvalue weighted by atomic mass is 10.1. The zero-order valence-electron chi connectivity index (χ0n) is 9.66. The first-order chi connectivity index (χ1) is 7.36. The molecule has 3 heteroatoms. The van der Waals surface area contributed by atoms with Crippen molar-refractivity contribution in [3.63, 3.8) is 0 Å². The Kier molecular flexibility index (Phi) is 7.05. The molecule has 0 unspecified atom stereocenters. The number of aromatic nitrogens is 2. The number of halogens is 1. The van der Waals surface area contributed by atoms with E-state index in [1.54, 1.807) is 0 Å². The van der Waals surface area contributed by atoms with Crippen molar-refractivity contribution in [1.29, 1.82) is 0 Å². The third kappa shape index (κ3) is 5.54. The van der Waals surface area contributed by atoms with E-state index in [1.165, 1.54) is 45.1 Å². The van der Waals surface area contributed by atoms with Crippen LogP contribution in [0.2, 0.25) is 0 Å². The topological polar surface area (TPSA) is 8.81 Å². The predicted molar refractivity (Wildman–Crippen MR) is 72.0 cm³/mol. The van der Waals surface area contributed by atoms with Gasteiger partial charge in [0.15, 0.2) is 0 Å². The molecule has 0 aliphatic carbocycles. The van der Waals surface area contributed by atoms with Gasteiger partial charge in [0, 0.05) is 0 Å². The van der Waals surface area contributed by atoms with E-state index >= 15 is 0 Å². The lowest BCUT2D eigenvalue weighted by molar-refractivity contribution is -0.670. The second kappa shape index (κ2) is 8.13. The molecule has 0 spiro atoms. The Morgan fingerprint density at radius 1 is 1.13 bits per heavy atom. The molecule has 0 radical (unpaired) electrons. The molecule has 0 aliphatic rings. The highest BCUT2D eigenvalue weighted by atomic mass is 127. The Labute approximate surface area is 107 Å². The Bertz CT molecular complexity index is 258. The van der Waals surface area contributed by atoms with Gasteiger partial charge in [-0.3, -0.25) is 0 Å². The SMILES string of the molecule is CCCCCCCCn1cc[n+](CI)c1. The van der Waals surface area contributed by atoms with E-state index in [4.69, 9.17) is 0 Å². The molecule has 86 valence electrons. The van der Waals surface area contributed by atoms with Crippen LogP contribution in [0, 0.1) is 0 Å². The summed E-state index contributed by atoms with van der Waals surface area (Å²) in [5, 5.41) is 0. The van der Waals surface area contributed by atoms with E-state index in [0.29, 0.717) is 0 Å². The summed E-state index contributed by atoms with van der Waals surface area (Å²) < 4.78 is 5.54. The summed E-state index contributed by atoms with van der Waals surface area (Å²) >= 11 is 2.38. The average molecular weight is 321 g/mol. The number of hydrogen-bond donors (Lipinski definition) is 0. The fraction of sp³-hybridized carbons (Fsp3) is 0.750. The first-order valence-electron chi connectivity index (χ1n) is 5.97. The summed E-state index contributed by atoms with van der Waals surface area (Å²) in [6, 6.07) is 0. The van der Waals surface area contributed by atoms with Crippen LogP contribution in [0.15, 0.2) is 18.7 Å². The molecule has 1 aromatic heterocycles. The Balaban J connectivity index is 2.04. The second-order valence-corrected chi connectivity index (χ2v) is 4.74. The van der Waals surface area contributed by atoms with Crippen molar-refractivity contribution in [2.24, 2.45) is 0 Å². The predicted octanol–water partition coefficient (Wildman–Crippen LogP) is 3.53. The summed E-state index contributed by atoms with van der Waals surface area (Å²) in [6.07, 6.45) is 14.8. The maximum atomic E-state index is 2.38. The van der Waals surface area contributed by atoms with Crippen molar-refractivity contribution >= 4 is 22.6 Å². The maximum Gasteiger partial charge on any atom is 0.244 e. The van der Waals surface area contributed by atoms with Crippen molar-refractivity contribution in [2.75, 3.05) is 0 Å². The van der Waals surface area contributed by atoms with Gasteiger partial charge < -0.3 is 0 Å². The van der Waals surface area contributed by atoms with E-state index in [0.717, 1.165) is 4.55 Å². The van der Waals surface area contributed by atoms with Crippen LogP contribution >= 0.6 is 22.6 Å². The normalized spacial score (nSPS) is 10.8. The molecule has 0 aromatic carbocycles. The first kappa shape index (κ1) is 13.0. The molecule has 1 aromatic rings. The largest absolute Gasteiger partial charge is 0.244 e. The molecule has 0 saturated carbocycles. The fourth-order valence-electron chi connectivity index (χ4n) is 1.72. The molecule has 0 amide bonds. The van der Waals surface area contributed by atoms with E-state index in [-0.39, 0.29) is 0 Å². The summed E-state index contributed by atoms with van der Waals surface area (Å²) in [5.41, 5.74) is 0. The third-order valence-corrected chi connectivity index (χ3v) is 3.44. The van der Waals surface area contributed by atoms with Crippen LogP contribution in [0.3, 0.4) is 0 Å². The Hall–Kier alpha value is -0.0600. The van der Waals surface area contributed by atoms with Crippen LogP contribution in [-0.2, 0) is 11.1 Å². The van der Waals surface area contributed by atoms with E-state index < -0.39 is 0 Å². The monoisotopic (exact) mass is 321 g/mol. The van der Waals surface area contributed by atoms with Crippen LogP contribution < -0.4 is 4.57 Å². The highest BCUT2D eigenvalue weighted by molar-refractivity contribution is 14.1. The molecule has 1 rings (SSSR count). The molecule has 0 saturated heterocycles. The van der Waals surface area contributed by atoms with Gasteiger partial charge in [0.2, 0.25) is 6.33 Å². The van der Waals surface area contributed by atoms with E-state index in [1.807, 2.05) is 0 Å². The molecule has 1 heterocycles. The Morgan fingerprint density at radius 3 is 2.53 bits per heavy atom. The molecule has 2 nitrogen and oxygen atoms in total. The molecule has 15 heavy (non-hydrogen) atoms. The molecular formula is C12H22IN2+. The number of unbranched alkanes of at least 4 members (excludes halogenated alkanes) is 5. The Morgan fingerprint density at radius 2 is 1.87 bits per heavy atom. The van der Waals surface area contributed by atoms with Gasteiger partial charge in [0.1, 0.15) is 16.9 Å². The minimum absolute atomic E-state index is 1.04. The molecule has 0 bridgehead atoms. The van der Waals surface area contributed by atoms with Crippen molar-refractivity contribution in [1.82, 2.24) is 4.57 Å². The van der Waals surface area contributed by atoms with Gasteiger partial charge in [-0.25, -0.2) is 9.13 Å². The van der Waals surface area contributed by atoms with Gasteiger partial charge in [0.05, 0.1) is 6.54 Å². The van der Waals surface area contributed by atoms with Gasteiger partial charge >= 0.3 is 0 Å². The summed E-state index contributed by atoms with van der Waals surface area (Å²) in [4.78, 5) is 0. The van der Waals surface area contributed by atoms with Crippen LogP contribution in [0.25, 0.3) is 0 Å². The number of alkyl halides is 1. The van der Waals surface area contributed by atoms with Crippen molar-refractivity contribution in [3.8, 4) is 0 Å². The van der Waals surface area contributed by atoms with Crippen LogP contribution in [0.1, 0.15) is 45.4 Å². The number of nitrogens with zero attached hydrogens (tertiary/aromatic N) is 2. The van der Waals surface area contributed by atoms with Crippen LogP contribution in [0.5, 0.6) is 0 Å². The van der Waals surface area contributed by atoms with Crippen molar-refractivity contribution < 1.29 is 4.57 Å². The van der Waals surface area contributed by atoms with Gasteiger partial charge in [-0.05, 0) is 35.4 Å². The lowest BCUT2D eigenvalue weighted by Gasteiger charge is -1.98. The van der Waals surface area contributed by atoms with E-state index in [2.05, 4.69) is 57.4 Å². The zero-order valence-corrected chi connectivity index (χ0v) is 11.8. The number of rotatable bonds is 8. The lowest BCUT2D eigenvalue weighted by Crippen LogP contribution is -2.27. The van der Waals surface area contributed by atoms with Crippen molar-refractivity contribution in [3.05, 3.63) is 18.7 Å². The average Bonchev–Trinajstić information content (AvgIpc) is 2.71. The molecule has 0 aliphatic heterocycles. The summed E-state index contributed by atoms with van der Waals surface area (Å²) in [7, 11) is 0. The molecule has 0 N–H and O–H groups in total. The van der Waals surface area contributed by atoms with E-state index in [9.17, 15) is 0 Å². The van der Waals surface area contributed by atoms with Crippen molar-refractivity contribution in [2.45, 2.75) is 56.5 Å². The van der Waals surface area contributed by atoms with Gasteiger partial charge in [-0.2, -0.15) is 0 Å². The highest BCUT2D eigenvalue weighted by Crippen LogP contribution is 2.05.